The summed E-state index contributed by atoms with van der Waals surface area (Å²) >= 11 is 0. The van der Waals surface area contributed by atoms with E-state index in [1.807, 2.05) is 90.7 Å². The highest BCUT2D eigenvalue weighted by Gasteiger charge is 2.22. The number of amides is 1. The first-order valence-electron chi connectivity index (χ1n) is 8.68. The van der Waals surface area contributed by atoms with E-state index in [0.717, 1.165) is 27.7 Å². The topological polar surface area (TPSA) is 20.3 Å². The van der Waals surface area contributed by atoms with Crippen LogP contribution in [0.15, 0.2) is 97.1 Å². The van der Waals surface area contributed by atoms with Gasteiger partial charge in [-0.05, 0) is 42.1 Å². The van der Waals surface area contributed by atoms with Gasteiger partial charge in [0.05, 0.1) is 5.69 Å². The summed E-state index contributed by atoms with van der Waals surface area (Å²) < 4.78 is 0. The largest absolute Gasteiger partial charge is 0.276 e. The molecule has 26 heavy (non-hydrogen) atoms. The molecule has 0 atom stereocenters. The average molecular weight is 337 g/mol. The third-order valence-electron chi connectivity index (χ3n) is 4.60. The fourth-order valence-electron chi connectivity index (χ4n) is 3.28. The van der Waals surface area contributed by atoms with Crippen LogP contribution in [0.5, 0.6) is 0 Å². The molecule has 4 rings (SSSR count). The number of aryl methyl sites for hydroxylation is 1. The molecular weight excluding hydrogens is 318 g/mol. The first kappa shape index (κ1) is 16.1. The molecular formula is C24H19NO. The SMILES string of the molecule is Cc1ccccc1C(=O)N(c1ccccc1)c1cccc2ccccc12. The normalized spacial score (nSPS) is 10.7. The summed E-state index contributed by atoms with van der Waals surface area (Å²) in [5.74, 6) is -0.0225. The van der Waals surface area contributed by atoms with Crippen LogP contribution in [0.4, 0.5) is 11.4 Å². The van der Waals surface area contributed by atoms with Gasteiger partial charge in [-0.1, -0.05) is 72.8 Å². The predicted molar refractivity (Wildman–Crippen MR) is 108 cm³/mol. The lowest BCUT2D eigenvalue weighted by Crippen LogP contribution is -2.26. The van der Waals surface area contributed by atoms with Gasteiger partial charge in [-0.15, -0.1) is 0 Å². The van der Waals surface area contributed by atoms with E-state index in [9.17, 15) is 4.79 Å². The van der Waals surface area contributed by atoms with Crippen molar-refractivity contribution in [3.8, 4) is 0 Å². The Bertz CT molecular complexity index is 1060. The van der Waals surface area contributed by atoms with Crippen molar-refractivity contribution in [3.05, 3.63) is 108 Å². The molecule has 0 aliphatic heterocycles. The van der Waals surface area contributed by atoms with Crippen molar-refractivity contribution < 1.29 is 4.79 Å². The van der Waals surface area contributed by atoms with Crippen LogP contribution >= 0.6 is 0 Å². The maximum Gasteiger partial charge on any atom is 0.263 e. The summed E-state index contributed by atoms with van der Waals surface area (Å²) in [6, 6.07) is 31.8. The summed E-state index contributed by atoms with van der Waals surface area (Å²) in [5.41, 5.74) is 3.43. The molecule has 0 saturated carbocycles. The minimum absolute atomic E-state index is 0.0225. The number of rotatable bonds is 3. The number of fused-ring (bicyclic) bond motifs is 1. The van der Waals surface area contributed by atoms with Crippen molar-refractivity contribution in [1.29, 1.82) is 0 Å². The highest BCUT2D eigenvalue weighted by molar-refractivity contribution is 6.15. The second-order valence-electron chi connectivity index (χ2n) is 6.29. The molecule has 0 N–H and O–H groups in total. The molecule has 4 aromatic rings. The van der Waals surface area contributed by atoms with Crippen LogP contribution in [0.3, 0.4) is 0 Å². The van der Waals surface area contributed by atoms with Crippen LogP contribution in [-0.4, -0.2) is 5.91 Å². The Kier molecular flexibility index (Phi) is 4.24. The van der Waals surface area contributed by atoms with Gasteiger partial charge in [-0.25, -0.2) is 0 Å². The molecule has 0 bridgehead atoms. The minimum atomic E-state index is -0.0225. The highest BCUT2D eigenvalue weighted by atomic mass is 16.2. The summed E-state index contributed by atoms with van der Waals surface area (Å²) in [5, 5.41) is 2.17. The van der Waals surface area contributed by atoms with Gasteiger partial charge in [0.2, 0.25) is 0 Å². The monoisotopic (exact) mass is 337 g/mol. The summed E-state index contributed by atoms with van der Waals surface area (Å²) in [4.78, 5) is 15.3. The van der Waals surface area contributed by atoms with Crippen molar-refractivity contribution in [2.45, 2.75) is 6.92 Å². The maximum atomic E-state index is 13.5. The fourth-order valence-corrected chi connectivity index (χ4v) is 3.28. The fraction of sp³-hybridized carbons (Fsp3) is 0.0417. The zero-order valence-corrected chi connectivity index (χ0v) is 14.6. The van der Waals surface area contributed by atoms with Gasteiger partial charge in [-0.2, -0.15) is 0 Å². The lowest BCUT2D eigenvalue weighted by molar-refractivity contribution is 0.0999. The van der Waals surface area contributed by atoms with Crippen LogP contribution in [0.25, 0.3) is 10.8 Å². The second kappa shape index (κ2) is 6.85. The quantitative estimate of drug-likeness (QED) is 0.440. The molecule has 0 spiro atoms. The standard InChI is InChI=1S/C24H19NO/c1-18-10-5-7-15-21(18)24(26)25(20-13-3-2-4-14-20)23-17-9-12-19-11-6-8-16-22(19)23/h2-17H,1H3. The van der Waals surface area contributed by atoms with Gasteiger partial charge in [0, 0.05) is 16.6 Å². The zero-order valence-electron chi connectivity index (χ0n) is 14.6. The first-order valence-corrected chi connectivity index (χ1v) is 8.68. The minimum Gasteiger partial charge on any atom is -0.276 e. The summed E-state index contributed by atoms with van der Waals surface area (Å²) in [6.07, 6.45) is 0. The van der Waals surface area contributed by atoms with Gasteiger partial charge in [0.1, 0.15) is 0 Å². The van der Waals surface area contributed by atoms with E-state index in [1.54, 1.807) is 0 Å². The van der Waals surface area contributed by atoms with E-state index >= 15 is 0 Å². The molecule has 0 aliphatic carbocycles. The van der Waals surface area contributed by atoms with Crippen LogP contribution in [0, 0.1) is 6.92 Å². The van der Waals surface area contributed by atoms with Crippen LogP contribution in [-0.2, 0) is 0 Å². The molecule has 0 unspecified atom stereocenters. The zero-order chi connectivity index (χ0) is 17.9. The molecule has 0 aliphatic rings. The molecule has 2 nitrogen and oxygen atoms in total. The van der Waals surface area contributed by atoms with E-state index in [4.69, 9.17) is 0 Å². The number of carbonyl (C=O) groups excluding carboxylic acids is 1. The van der Waals surface area contributed by atoms with E-state index in [-0.39, 0.29) is 5.91 Å². The number of carbonyl (C=O) groups is 1. The Balaban J connectivity index is 1.95. The van der Waals surface area contributed by atoms with Crippen LogP contribution in [0.1, 0.15) is 15.9 Å². The molecule has 0 heterocycles. The summed E-state index contributed by atoms with van der Waals surface area (Å²) in [7, 11) is 0. The van der Waals surface area contributed by atoms with Gasteiger partial charge in [0.25, 0.3) is 5.91 Å². The molecule has 4 aromatic carbocycles. The number of hydrogen-bond acceptors (Lipinski definition) is 1. The van der Waals surface area contributed by atoms with E-state index < -0.39 is 0 Å². The molecule has 0 saturated heterocycles. The third-order valence-corrected chi connectivity index (χ3v) is 4.60. The van der Waals surface area contributed by atoms with Gasteiger partial charge in [0.15, 0.2) is 0 Å². The van der Waals surface area contributed by atoms with Crippen LogP contribution in [0.2, 0.25) is 0 Å². The second-order valence-corrected chi connectivity index (χ2v) is 6.29. The van der Waals surface area contributed by atoms with Gasteiger partial charge >= 0.3 is 0 Å². The number of hydrogen-bond donors (Lipinski definition) is 0. The Hall–Kier alpha value is -3.39. The van der Waals surface area contributed by atoms with Crippen molar-refractivity contribution in [3.63, 3.8) is 0 Å². The number of nitrogens with zero attached hydrogens (tertiary/aromatic N) is 1. The van der Waals surface area contributed by atoms with Crippen molar-refractivity contribution in [1.82, 2.24) is 0 Å². The number of benzene rings is 4. The van der Waals surface area contributed by atoms with E-state index in [2.05, 4.69) is 18.2 Å². The molecule has 1 amide bonds. The van der Waals surface area contributed by atoms with Crippen LogP contribution < -0.4 is 4.90 Å². The molecule has 0 aromatic heterocycles. The van der Waals surface area contributed by atoms with Gasteiger partial charge in [-0.3, -0.25) is 9.69 Å². The average Bonchev–Trinajstić information content (AvgIpc) is 2.69. The molecule has 126 valence electrons. The highest BCUT2D eigenvalue weighted by Crippen LogP contribution is 2.34. The Morgan fingerprint density at radius 2 is 1.35 bits per heavy atom. The smallest absolute Gasteiger partial charge is 0.263 e. The van der Waals surface area contributed by atoms with E-state index in [1.165, 1.54) is 0 Å². The molecule has 0 fully saturated rings. The van der Waals surface area contributed by atoms with E-state index in [0.29, 0.717) is 5.56 Å². The number of anilines is 2. The third kappa shape index (κ3) is 2.86. The van der Waals surface area contributed by atoms with Crippen molar-refractivity contribution >= 4 is 28.1 Å². The molecule has 0 radical (unpaired) electrons. The van der Waals surface area contributed by atoms with Crippen molar-refractivity contribution in [2.75, 3.05) is 4.90 Å². The Labute approximate surface area is 153 Å². The Morgan fingerprint density at radius 1 is 0.692 bits per heavy atom. The Morgan fingerprint density at radius 3 is 2.15 bits per heavy atom. The molecule has 2 heteroatoms. The predicted octanol–water partition coefficient (Wildman–Crippen LogP) is 6.13. The summed E-state index contributed by atoms with van der Waals surface area (Å²) in [6.45, 7) is 1.97. The van der Waals surface area contributed by atoms with Gasteiger partial charge < -0.3 is 0 Å². The lowest BCUT2D eigenvalue weighted by Gasteiger charge is -2.25. The first-order chi connectivity index (χ1) is 12.8. The maximum absolute atomic E-state index is 13.5. The number of para-hydroxylation sites is 1. The van der Waals surface area contributed by atoms with Crippen molar-refractivity contribution in [2.24, 2.45) is 0 Å². The lowest BCUT2D eigenvalue weighted by atomic mass is 10.0.